The molecule has 0 bridgehead atoms. The normalized spacial score (nSPS) is 9.29. The number of phosphoric ester groups is 1. The third-order valence-electron chi connectivity index (χ3n) is 1.13. The Hall–Kier alpha value is -0.270. The van der Waals surface area contributed by atoms with Gasteiger partial charge in [-0.15, -0.1) is 0 Å². The van der Waals surface area contributed by atoms with Gasteiger partial charge in [0.25, 0.3) is 0 Å². The minimum absolute atomic E-state index is 0. The molecule has 0 saturated carbocycles. The first-order valence-electron chi connectivity index (χ1n) is 3.38. The molecule has 0 aliphatic carbocycles. The molecule has 0 aliphatic heterocycles. The van der Waals surface area contributed by atoms with E-state index in [1.165, 1.54) is 0 Å². The summed E-state index contributed by atoms with van der Waals surface area (Å²) in [6, 6.07) is 8.75. The molecular formula is C8H8NaO4P. The van der Waals surface area contributed by atoms with E-state index in [9.17, 15) is 4.57 Å². The van der Waals surface area contributed by atoms with Gasteiger partial charge in [0.2, 0.25) is 0 Å². The zero-order chi connectivity index (χ0) is 9.73. The summed E-state index contributed by atoms with van der Waals surface area (Å²) in [7, 11) is -4.48. The van der Waals surface area contributed by atoms with Crippen LogP contribution >= 0.6 is 7.82 Å². The molecule has 2 N–H and O–H groups in total. The second-order valence-electron chi connectivity index (χ2n) is 2.17. The molecule has 14 heavy (non-hydrogen) atoms. The van der Waals surface area contributed by atoms with Crippen molar-refractivity contribution in [3.8, 4) is 12.0 Å². The van der Waals surface area contributed by atoms with Crippen molar-refractivity contribution in [3.63, 3.8) is 0 Å². The second-order valence-corrected chi connectivity index (χ2v) is 3.34. The zero-order valence-electron chi connectivity index (χ0n) is 6.54. The predicted molar refractivity (Wildman–Crippen MR) is 53.6 cm³/mol. The average molecular weight is 222 g/mol. The zero-order valence-corrected chi connectivity index (χ0v) is 7.44. The van der Waals surface area contributed by atoms with Crippen molar-refractivity contribution in [3.05, 3.63) is 35.9 Å². The van der Waals surface area contributed by atoms with E-state index in [0.717, 1.165) is 0 Å². The third-order valence-corrected chi connectivity index (χ3v) is 1.46. The van der Waals surface area contributed by atoms with Crippen LogP contribution in [0.15, 0.2) is 30.3 Å². The monoisotopic (exact) mass is 222 g/mol. The fourth-order valence-electron chi connectivity index (χ4n) is 0.663. The summed E-state index contributed by atoms with van der Waals surface area (Å²) < 4.78 is 14.1. The van der Waals surface area contributed by atoms with Gasteiger partial charge in [0.1, 0.15) is 6.11 Å². The van der Waals surface area contributed by atoms with E-state index in [1.54, 1.807) is 24.3 Å². The van der Waals surface area contributed by atoms with Crippen molar-refractivity contribution in [2.75, 3.05) is 0 Å². The topological polar surface area (TPSA) is 66.8 Å². The van der Waals surface area contributed by atoms with Crippen LogP contribution in [-0.4, -0.2) is 39.3 Å². The van der Waals surface area contributed by atoms with Crippen LogP contribution in [0.3, 0.4) is 0 Å². The first-order valence-corrected chi connectivity index (χ1v) is 4.91. The van der Waals surface area contributed by atoms with Crippen LogP contribution in [0.1, 0.15) is 5.56 Å². The number of phosphoric acid groups is 1. The van der Waals surface area contributed by atoms with Crippen LogP contribution in [0.4, 0.5) is 0 Å². The Morgan fingerprint density at radius 3 is 2.29 bits per heavy atom. The molecule has 0 atom stereocenters. The van der Waals surface area contributed by atoms with Crippen molar-refractivity contribution in [2.24, 2.45) is 0 Å². The molecule has 0 saturated heterocycles. The molecule has 1 aromatic carbocycles. The summed E-state index contributed by atoms with van der Waals surface area (Å²) in [6.45, 7) is 0. The number of hydrogen-bond acceptors (Lipinski definition) is 2. The molecule has 1 rings (SSSR count). The van der Waals surface area contributed by atoms with Crippen LogP contribution in [0.5, 0.6) is 0 Å². The molecule has 70 valence electrons. The van der Waals surface area contributed by atoms with Crippen LogP contribution in [0, 0.1) is 12.0 Å². The summed E-state index contributed by atoms with van der Waals surface area (Å²) in [5.41, 5.74) is 0.635. The van der Waals surface area contributed by atoms with Crippen LogP contribution < -0.4 is 0 Å². The first kappa shape index (κ1) is 13.7. The second kappa shape index (κ2) is 6.26. The van der Waals surface area contributed by atoms with Gasteiger partial charge in [0.15, 0.2) is 0 Å². The van der Waals surface area contributed by atoms with Crippen molar-refractivity contribution in [2.45, 2.75) is 0 Å². The van der Waals surface area contributed by atoms with E-state index in [2.05, 4.69) is 10.4 Å². The van der Waals surface area contributed by atoms with E-state index in [-0.39, 0.29) is 29.6 Å². The predicted octanol–water partition coefficient (Wildman–Crippen LogP) is 0.456. The summed E-state index contributed by atoms with van der Waals surface area (Å²) in [6.07, 6.45) is 1.93. The maximum atomic E-state index is 10.2. The standard InChI is InChI=1S/C8H7O4P.Na.H/c9-13(10,11)12-7-6-8-4-2-1-3-5-8;;/h1-5H,(H2,9,10,11);;. The summed E-state index contributed by atoms with van der Waals surface area (Å²) >= 11 is 0. The van der Waals surface area contributed by atoms with Gasteiger partial charge in [0, 0.05) is 5.56 Å². The Morgan fingerprint density at radius 1 is 1.21 bits per heavy atom. The molecule has 0 aromatic heterocycles. The Morgan fingerprint density at radius 2 is 1.79 bits per heavy atom. The molecule has 4 nitrogen and oxygen atoms in total. The molecule has 0 aliphatic rings. The van der Waals surface area contributed by atoms with Gasteiger partial charge in [-0.25, -0.2) is 4.57 Å². The summed E-state index contributed by atoms with van der Waals surface area (Å²) in [5, 5.41) is 0. The van der Waals surface area contributed by atoms with Gasteiger partial charge in [0.05, 0.1) is 0 Å². The Bertz CT molecular complexity index is 375. The Kier molecular flexibility index (Phi) is 6.14. The van der Waals surface area contributed by atoms with E-state index < -0.39 is 7.82 Å². The fraction of sp³-hybridized carbons (Fsp3) is 0. The quantitative estimate of drug-likeness (QED) is 0.411. The molecule has 0 fully saturated rings. The van der Waals surface area contributed by atoms with Crippen molar-refractivity contribution < 1.29 is 18.9 Å². The Labute approximate surface area is 104 Å². The molecule has 1 aromatic rings. The fourth-order valence-corrected chi connectivity index (χ4v) is 0.827. The first-order chi connectivity index (χ1) is 6.08. The SMILES string of the molecule is O=P(O)(O)OC#Cc1ccccc1.[NaH]. The van der Waals surface area contributed by atoms with Crippen molar-refractivity contribution >= 4 is 37.4 Å². The number of hydrogen-bond donors (Lipinski definition) is 2. The molecular weight excluding hydrogens is 214 g/mol. The third kappa shape index (κ3) is 6.22. The van der Waals surface area contributed by atoms with Gasteiger partial charge in [-0.2, -0.15) is 0 Å². The van der Waals surface area contributed by atoms with Gasteiger partial charge < -0.3 is 4.52 Å². The van der Waals surface area contributed by atoms with Gasteiger partial charge in [-0.1, -0.05) is 18.2 Å². The molecule has 0 amide bonds. The molecule has 0 heterocycles. The van der Waals surface area contributed by atoms with Crippen molar-refractivity contribution in [1.29, 1.82) is 0 Å². The number of benzene rings is 1. The van der Waals surface area contributed by atoms with Crippen molar-refractivity contribution in [1.82, 2.24) is 0 Å². The molecule has 6 heteroatoms. The Balaban J connectivity index is 0.00000169. The summed E-state index contributed by atoms with van der Waals surface area (Å²) in [5.74, 6) is 2.44. The number of rotatable bonds is 1. The van der Waals surface area contributed by atoms with Crippen LogP contribution in [0.2, 0.25) is 0 Å². The molecule has 0 spiro atoms. The van der Waals surface area contributed by atoms with Gasteiger partial charge >= 0.3 is 37.4 Å². The molecule has 0 unspecified atom stereocenters. The van der Waals surface area contributed by atoms with E-state index in [0.29, 0.717) is 5.56 Å². The average Bonchev–Trinajstić information content (AvgIpc) is 2.04. The van der Waals surface area contributed by atoms with Gasteiger partial charge in [-0.05, 0) is 18.1 Å². The van der Waals surface area contributed by atoms with Gasteiger partial charge in [-0.3, -0.25) is 9.79 Å². The van der Waals surface area contributed by atoms with Crippen LogP contribution in [-0.2, 0) is 9.09 Å². The molecule has 0 radical (unpaired) electrons. The maximum absolute atomic E-state index is 10.2. The minimum atomic E-state index is -4.48. The van der Waals surface area contributed by atoms with E-state index in [4.69, 9.17) is 9.79 Å². The van der Waals surface area contributed by atoms with E-state index >= 15 is 0 Å². The van der Waals surface area contributed by atoms with E-state index in [1.807, 2.05) is 12.2 Å². The summed E-state index contributed by atoms with van der Waals surface area (Å²) in [4.78, 5) is 16.6. The van der Waals surface area contributed by atoms with Crippen LogP contribution in [0.25, 0.3) is 0 Å².